The summed E-state index contributed by atoms with van der Waals surface area (Å²) in [5.41, 5.74) is 2.40. The van der Waals surface area contributed by atoms with Crippen molar-refractivity contribution in [3.05, 3.63) is 114 Å². The minimum atomic E-state index is -0.376. The van der Waals surface area contributed by atoms with Gasteiger partial charge < -0.3 is 0 Å². The van der Waals surface area contributed by atoms with Gasteiger partial charge in [0.2, 0.25) is 0 Å². The molecule has 0 aliphatic heterocycles. The van der Waals surface area contributed by atoms with Crippen LogP contribution in [0.2, 0.25) is 10.0 Å². The average Bonchev–Trinajstić information content (AvgIpc) is 2.76. The Morgan fingerprint density at radius 2 is 1.65 bits per heavy atom. The lowest BCUT2D eigenvalue weighted by Crippen LogP contribution is -2.39. The van der Waals surface area contributed by atoms with Crippen molar-refractivity contribution in [2.24, 2.45) is 7.05 Å². The van der Waals surface area contributed by atoms with Crippen LogP contribution in [0.5, 0.6) is 0 Å². The summed E-state index contributed by atoms with van der Waals surface area (Å²) in [5.74, 6) is 6.22. The third kappa shape index (κ3) is 4.59. The zero-order valence-corrected chi connectivity index (χ0v) is 18.2. The molecule has 0 aliphatic carbocycles. The van der Waals surface area contributed by atoms with Crippen LogP contribution >= 0.6 is 23.2 Å². The summed E-state index contributed by atoms with van der Waals surface area (Å²) in [4.78, 5) is 25.9. The van der Waals surface area contributed by atoms with Crippen LogP contribution in [0.1, 0.15) is 16.7 Å². The lowest BCUT2D eigenvalue weighted by Gasteiger charge is -2.11. The third-order valence-electron chi connectivity index (χ3n) is 5.02. The maximum absolute atomic E-state index is 13.1. The van der Waals surface area contributed by atoms with E-state index < -0.39 is 0 Å². The molecule has 0 atom stereocenters. The molecular formula is C25H18Cl2N2O2. The smallest absolute Gasteiger partial charge is 0.296 e. The van der Waals surface area contributed by atoms with Gasteiger partial charge in [-0.1, -0.05) is 59.3 Å². The molecule has 4 nitrogen and oxygen atoms in total. The quantitative estimate of drug-likeness (QED) is 0.428. The predicted octanol–water partition coefficient (Wildman–Crippen LogP) is 4.65. The molecule has 0 saturated carbocycles. The molecule has 1 aromatic heterocycles. The Hall–Kier alpha value is -3.26. The second-order valence-electron chi connectivity index (χ2n) is 7.20. The van der Waals surface area contributed by atoms with E-state index in [1.165, 1.54) is 9.13 Å². The first-order chi connectivity index (χ1) is 14.9. The normalized spacial score (nSPS) is 10.7. The minimum Gasteiger partial charge on any atom is -0.296 e. The summed E-state index contributed by atoms with van der Waals surface area (Å²) < 4.78 is 2.70. The van der Waals surface area contributed by atoms with Gasteiger partial charge in [-0.3, -0.25) is 13.9 Å². The van der Waals surface area contributed by atoms with Crippen molar-refractivity contribution in [3.63, 3.8) is 0 Å². The Morgan fingerprint density at radius 3 is 2.39 bits per heavy atom. The molecule has 0 spiro atoms. The van der Waals surface area contributed by atoms with E-state index in [1.54, 1.807) is 37.4 Å². The summed E-state index contributed by atoms with van der Waals surface area (Å²) in [6, 6.07) is 20.0. The zero-order valence-electron chi connectivity index (χ0n) is 16.7. The number of aromatic nitrogens is 2. The van der Waals surface area contributed by atoms with Crippen molar-refractivity contribution in [1.82, 2.24) is 9.13 Å². The zero-order chi connectivity index (χ0) is 22.0. The molecule has 0 amide bonds. The molecule has 154 valence electrons. The van der Waals surface area contributed by atoms with Crippen LogP contribution in [-0.2, 0) is 20.0 Å². The number of nitrogens with zero attached hydrogens (tertiary/aromatic N) is 2. The third-order valence-corrected chi connectivity index (χ3v) is 5.51. The summed E-state index contributed by atoms with van der Waals surface area (Å²) in [7, 11) is 1.66. The number of hydrogen-bond donors (Lipinski definition) is 0. The van der Waals surface area contributed by atoms with E-state index in [1.807, 2.05) is 36.4 Å². The highest BCUT2D eigenvalue weighted by molar-refractivity contribution is 6.30. The van der Waals surface area contributed by atoms with Crippen molar-refractivity contribution in [2.75, 3.05) is 0 Å². The second kappa shape index (κ2) is 8.85. The molecule has 31 heavy (non-hydrogen) atoms. The molecule has 3 aromatic carbocycles. The largest absolute Gasteiger partial charge is 0.331 e. The van der Waals surface area contributed by atoms with Crippen LogP contribution in [-0.4, -0.2) is 9.13 Å². The van der Waals surface area contributed by atoms with Crippen molar-refractivity contribution in [2.45, 2.75) is 13.0 Å². The number of hydrogen-bond acceptors (Lipinski definition) is 2. The van der Waals surface area contributed by atoms with Crippen LogP contribution < -0.4 is 11.2 Å². The van der Waals surface area contributed by atoms with Crippen molar-refractivity contribution in [1.29, 1.82) is 0 Å². The SMILES string of the molecule is Cn1c(=O)n(Cc2cccc(Cl)c2)c(=O)c2cc(C#CCc3ccc(Cl)cc3)ccc21. The first-order valence-corrected chi connectivity index (χ1v) is 10.4. The Balaban J connectivity index is 1.72. The average molecular weight is 449 g/mol. The van der Waals surface area contributed by atoms with Gasteiger partial charge in [-0.25, -0.2) is 4.79 Å². The van der Waals surface area contributed by atoms with Crippen LogP contribution in [0.15, 0.2) is 76.3 Å². The fourth-order valence-electron chi connectivity index (χ4n) is 3.40. The molecule has 1 heterocycles. The van der Waals surface area contributed by atoms with E-state index in [-0.39, 0.29) is 17.8 Å². The van der Waals surface area contributed by atoms with Gasteiger partial charge in [-0.2, -0.15) is 0 Å². The van der Waals surface area contributed by atoms with Crippen molar-refractivity contribution < 1.29 is 0 Å². The highest BCUT2D eigenvalue weighted by Crippen LogP contribution is 2.13. The van der Waals surface area contributed by atoms with Gasteiger partial charge in [0.05, 0.1) is 17.4 Å². The Morgan fingerprint density at radius 1 is 0.871 bits per heavy atom. The lowest BCUT2D eigenvalue weighted by atomic mass is 10.1. The summed E-state index contributed by atoms with van der Waals surface area (Å²) >= 11 is 12.0. The van der Waals surface area contributed by atoms with E-state index in [4.69, 9.17) is 23.2 Å². The maximum Gasteiger partial charge on any atom is 0.331 e. The van der Waals surface area contributed by atoms with Crippen molar-refractivity contribution >= 4 is 34.1 Å². The summed E-state index contributed by atoms with van der Waals surface area (Å²) in [6.07, 6.45) is 0.571. The maximum atomic E-state index is 13.1. The van der Waals surface area contributed by atoms with Gasteiger partial charge in [0.15, 0.2) is 0 Å². The van der Waals surface area contributed by atoms with E-state index in [9.17, 15) is 9.59 Å². The molecule has 6 heteroatoms. The summed E-state index contributed by atoms with van der Waals surface area (Å²) in [6.45, 7) is 0.147. The van der Waals surface area contributed by atoms with Crippen molar-refractivity contribution in [3.8, 4) is 11.8 Å². The molecule has 0 unspecified atom stereocenters. The van der Waals surface area contributed by atoms with Gasteiger partial charge in [-0.05, 0) is 53.6 Å². The molecule has 4 rings (SSSR count). The number of aryl methyl sites for hydroxylation is 1. The van der Waals surface area contributed by atoms with E-state index in [0.29, 0.717) is 32.9 Å². The molecule has 0 radical (unpaired) electrons. The Labute approximate surface area is 189 Å². The first-order valence-electron chi connectivity index (χ1n) is 9.64. The topological polar surface area (TPSA) is 44.0 Å². The molecule has 0 bridgehead atoms. The molecular weight excluding hydrogens is 431 g/mol. The van der Waals surface area contributed by atoms with Gasteiger partial charge in [0.1, 0.15) is 0 Å². The predicted molar refractivity (Wildman–Crippen MR) is 126 cm³/mol. The standard InChI is InChI=1S/C25H18Cl2N2O2/c1-28-23-13-10-18(5-2-4-17-8-11-20(26)12-9-17)15-22(23)24(30)29(25(28)31)16-19-6-3-7-21(27)14-19/h3,6-15H,4,16H2,1H3. The van der Waals surface area contributed by atoms with Gasteiger partial charge in [0, 0.05) is 29.1 Å². The Kier molecular flexibility index (Phi) is 5.99. The van der Waals surface area contributed by atoms with E-state index >= 15 is 0 Å². The number of rotatable bonds is 3. The first kappa shape index (κ1) is 21.0. The molecule has 0 saturated heterocycles. The molecule has 0 fully saturated rings. The highest BCUT2D eigenvalue weighted by Gasteiger charge is 2.12. The van der Waals surface area contributed by atoms with Gasteiger partial charge in [0.25, 0.3) is 5.56 Å². The summed E-state index contributed by atoms with van der Waals surface area (Å²) in [5, 5.41) is 1.69. The molecule has 0 aliphatic rings. The second-order valence-corrected chi connectivity index (χ2v) is 8.07. The monoisotopic (exact) mass is 448 g/mol. The highest BCUT2D eigenvalue weighted by atomic mass is 35.5. The minimum absolute atomic E-state index is 0.147. The fraction of sp³-hybridized carbons (Fsp3) is 0.120. The van der Waals surface area contributed by atoms with Crippen LogP contribution in [0.25, 0.3) is 10.9 Å². The fourth-order valence-corrected chi connectivity index (χ4v) is 3.74. The van der Waals surface area contributed by atoms with Gasteiger partial charge >= 0.3 is 5.69 Å². The van der Waals surface area contributed by atoms with Crippen LogP contribution in [0.3, 0.4) is 0 Å². The van der Waals surface area contributed by atoms with Crippen LogP contribution in [0.4, 0.5) is 0 Å². The van der Waals surface area contributed by atoms with E-state index in [2.05, 4.69) is 11.8 Å². The van der Waals surface area contributed by atoms with E-state index in [0.717, 1.165) is 11.1 Å². The van der Waals surface area contributed by atoms with Crippen LogP contribution in [0, 0.1) is 11.8 Å². The Bertz CT molecular complexity index is 1460. The number of halogens is 2. The molecule has 0 N–H and O–H groups in total. The van der Waals surface area contributed by atoms with Gasteiger partial charge in [-0.15, -0.1) is 0 Å². The lowest BCUT2D eigenvalue weighted by molar-refractivity contribution is 0.660. The number of benzene rings is 3. The number of fused-ring (bicyclic) bond motifs is 1. The molecule has 4 aromatic rings.